The molecule has 1 aromatic heterocycles. The minimum Gasteiger partial charge on any atom is -0.492 e. The fourth-order valence-corrected chi connectivity index (χ4v) is 3.19. The summed E-state index contributed by atoms with van der Waals surface area (Å²) in [5, 5.41) is 3.88. The molecule has 0 bridgehead atoms. The van der Waals surface area contributed by atoms with Gasteiger partial charge in [0.25, 0.3) is 5.56 Å². The van der Waals surface area contributed by atoms with Crippen LogP contribution in [0.1, 0.15) is 0 Å². The first kappa shape index (κ1) is 18.0. The van der Waals surface area contributed by atoms with Crippen molar-refractivity contribution in [2.24, 2.45) is 7.05 Å². The third-order valence-corrected chi connectivity index (χ3v) is 4.74. The second-order valence-electron chi connectivity index (χ2n) is 5.58. The Morgan fingerprint density at radius 3 is 2.69 bits per heavy atom. The topological polar surface area (TPSA) is 73.2 Å². The van der Waals surface area contributed by atoms with Crippen LogP contribution < -0.4 is 15.6 Å². The van der Waals surface area contributed by atoms with E-state index < -0.39 is 0 Å². The molecule has 0 unspecified atom stereocenters. The second kappa shape index (κ2) is 8.53. The first-order chi connectivity index (χ1) is 12.6. The van der Waals surface area contributed by atoms with E-state index in [1.165, 1.54) is 16.3 Å². The van der Waals surface area contributed by atoms with Gasteiger partial charge < -0.3 is 10.1 Å². The van der Waals surface area contributed by atoms with Crippen molar-refractivity contribution in [3.8, 4) is 5.75 Å². The van der Waals surface area contributed by atoms with Crippen LogP contribution in [-0.2, 0) is 11.8 Å². The summed E-state index contributed by atoms with van der Waals surface area (Å²) in [6.07, 6.45) is 0. The van der Waals surface area contributed by atoms with Gasteiger partial charge in [0, 0.05) is 7.05 Å². The van der Waals surface area contributed by atoms with Crippen molar-refractivity contribution in [3.05, 3.63) is 65.0 Å². The number of nitrogens with one attached hydrogen (secondary N) is 1. The highest BCUT2D eigenvalue weighted by molar-refractivity contribution is 7.99. The quantitative estimate of drug-likeness (QED) is 0.393. The van der Waals surface area contributed by atoms with Crippen LogP contribution in [0, 0.1) is 0 Å². The average molecular weight is 369 g/mol. The molecule has 134 valence electrons. The van der Waals surface area contributed by atoms with Gasteiger partial charge >= 0.3 is 0 Å². The first-order valence-electron chi connectivity index (χ1n) is 8.18. The molecule has 2 aromatic carbocycles. The van der Waals surface area contributed by atoms with Crippen LogP contribution in [0.5, 0.6) is 5.75 Å². The Kier molecular flexibility index (Phi) is 5.91. The van der Waals surface area contributed by atoms with Crippen molar-refractivity contribution < 1.29 is 9.53 Å². The van der Waals surface area contributed by atoms with Crippen molar-refractivity contribution in [2.45, 2.75) is 5.16 Å². The Hall–Kier alpha value is -2.80. The van der Waals surface area contributed by atoms with E-state index in [0.29, 0.717) is 29.2 Å². The lowest BCUT2D eigenvalue weighted by Crippen LogP contribution is -2.30. The standard InChI is InChI=1S/C19H19N3O3S/c1-22-18(24)15-9-5-6-10-16(15)21-19(22)26-13-17(23)20-11-12-25-14-7-3-2-4-8-14/h2-10H,11-13H2,1H3,(H,20,23). The molecule has 1 N–H and O–H groups in total. The fraction of sp³-hybridized carbons (Fsp3) is 0.211. The molecule has 1 amide bonds. The summed E-state index contributed by atoms with van der Waals surface area (Å²) in [4.78, 5) is 28.8. The number of hydrogen-bond donors (Lipinski definition) is 1. The van der Waals surface area contributed by atoms with Crippen LogP contribution in [0.3, 0.4) is 0 Å². The van der Waals surface area contributed by atoms with E-state index in [9.17, 15) is 9.59 Å². The number of ether oxygens (including phenoxy) is 1. The van der Waals surface area contributed by atoms with Crippen LogP contribution in [0.25, 0.3) is 10.9 Å². The van der Waals surface area contributed by atoms with Gasteiger partial charge in [-0.15, -0.1) is 0 Å². The first-order valence-corrected chi connectivity index (χ1v) is 9.17. The van der Waals surface area contributed by atoms with Gasteiger partial charge in [0.15, 0.2) is 5.16 Å². The molecule has 0 aliphatic rings. The van der Waals surface area contributed by atoms with Crippen molar-refractivity contribution in [2.75, 3.05) is 18.9 Å². The lowest BCUT2D eigenvalue weighted by molar-refractivity contribution is -0.118. The predicted octanol–water partition coefficient (Wildman–Crippen LogP) is 2.22. The third-order valence-electron chi connectivity index (χ3n) is 3.71. The molecule has 0 fully saturated rings. The van der Waals surface area contributed by atoms with Gasteiger partial charge in [0.1, 0.15) is 12.4 Å². The monoisotopic (exact) mass is 369 g/mol. The number of para-hydroxylation sites is 2. The third kappa shape index (κ3) is 4.43. The minimum atomic E-state index is -0.130. The second-order valence-corrected chi connectivity index (χ2v) is 6.52. The molecule has 0 saturated heterocycles. The number of fused-ring (bicyclic) bond motifs is 1. The van der Waals surface area contributed by atoms with Gasteiger partial charge in [0.05, 0.1) is 23.2 Å². The Morgan fingerprint density at radius 1 is 1.15 bits per heavy atom. The average Bonchev–Trinajstić information content (AvgIpc) is 2.68. The zero-order valence-electron chi connectivity index (χ0n) is 14.3. The minimum absolute atomic E-state index is 0.116. The molecule has 0 aliphatic carbocycles. The molecule has 0 radical (unpaired) electrons. The molecule has 3 rings (SSSR count). The molecule has 0 saturated carbocycles. The van der Waals surface area contributed by atoms with E-state index in [1.807, 2.05) is 42.5 Å². The van der Waals surface area contributed by atoms with Crippen LogP contribution in [0.2, 0.25) is 0 Å². The summed E-state index contributed by atoms with van der Waals surface area (Å²) >= 11 is 1.24. The van der Waals surface area contributed by atoms with Gasteiger partial charge in [-0.3, -0.25) is 14.2 Å². The highest BCUT2D eigenvalue weighted by Crippen LogP contribution is 2.16. The summed E-state index contributed by atoms with van der Waals surface area (Å²) < 4.78 is 6.99. The molecule has 0 spiro atoms. The van der Waals surface area contributed by atoms with E-state index in [0.717, 1.165) is 5.75 Å². The predicted molar refractivity (Wildman–Crippen MR) is 103 cm³/mol. The van der Waals surface area contributed by atoms with E-state index in [1.54, 1.807) is 19.2 Å². The SMILES string of the molecule is Cn1c(SCC(=O)NCCOc2ccccc2)nc2ccccc2c1=O. The molecule has 1 heterocycles. The molecular formula is C19H19N3O3S. The van der Waals surface area contributed by atoms with Crippen LogP contribution in [0.4, 0.5) is 0 Å². The smallest absolute Gasteiger partial charge is 0.261 e. The van der Waals surface area contributed by atoms with Crippen LogP contribution in [0.15, 0.2) is 64.5 Å². The molecule has 6 nitrogen and oxygen atoms in total. The molecule has 7 heteroatoms. The Balaban J connectivity index is 1.51. The lowest BCUT2D eigenvalue weighted by atomic mass is 10.2. The summed E-state index contributed by atoms with van der Waals surface area (Å²) in [5.41, 5.74) is 0.518. The van der Waals surface area contributed by atoms with Gasteiger partial charge in [0.2, 0.25) is 5.91 Å². The largest absolute Gasteiger partial charge is 0.492 e. The van der Waals surface area contributed by atoms with Crippen molar-refractivity contribution in [1.82, 2.24) is 14.9 Å². The number of thioether (sulfide) groups is 1. The van der Waals surface area contributed by atoms with E-state index in [-0.39, 0.29) is 17.2 Å². The molecule has 26 heavy (non-hydrogen) atoms. The zero-order valence-corrected chi connectivity index (χ0v) is 15.2. The number of nitrogens with zero attached hydrogens (tertiary/aromatic N) is 2. The number of benzene rings is 2. The maximum atomic E-state index is 12.3. The number of carbonyl (C=O) groups excluding carboxylic acids is 1. The number of hydrogen-bond acceptors (Lipinski definition) is 5. The molecular weight excluding hydrogens is 350 g/mol. The maximum Gasteiger partial charge on any atom is 0.261 e. The van der Waals surface area contributed by atoms with E-state index >= 15 is 0 Å². The van der Waals surface area contributed by atoms with Crippen LogP contribution >= 0.6 is 11.8 Å². The van der Waals surface area contributed by atoms with Gasteiger partial charge in [-0.05, 0) is 24.3 Å². The lowest BCUT2D eigenvalue weighted by Gasteiger charge is -2.09. The Labute approximate surface area is 155 Å². The molecule has 0 aliphatic heterocycles. The fourth-order valence-electron chi connectivity index (χ4n) is 2.38. The summed E-state index contributed by atoms with van der Waals surface area (Å²) in [6.45, 7) is 0.811. The summed E-state index contributed by atoms with van der Waals surface area (Å²) in [7, 11) is 1.66. The normalized spacial score (nSPS) is 10.7. The highest BCUT2D eigenvalue weighted by atomic mass is 32.2. The van der Waals surface area contributed by atoms with Gasteiger partial charge in [-0.2, -0.15) is 0 Å². The van der Waals surface area contributed by atoms with Crippen molar-refractivity contribution >= 4 is 28.6 Å². The number of aromatic nitrogens is 2. The molecule has 0 atom stereocenters. The zero-order chi connectivity index (χ0) is 18.4. The van der Waals surface area contributed by atoms with Crippen LogP contribution in [-0.4, -0.2) is 34.4 Å². The van der Waals surface area contributed by atoms with Gasteiger partial charge in [-0.1, -0.05) is 42.1 Å². The van der Waals surface area contributed by atoms with E-state index in [4.69, 9.17) is 4.74 Å². The number of amides is 1. The number of rotatable bonds is 7. The van der Waals surface area contributed by atoms with Crippen molar-refractivity contribution in [1.29, 1.82) is 0 Å². The highest BCUT2D eigenvalue weighted by Gasteiger charge is 2.10. The summed E-state index contributed by atoms with van der Waals surface area (Å²) in [6, 6.07) is 16.6. The Morgan fingerprint density at radius 2 is 1.88 bits per heavy atom. The van der Waals surface area contributed by atoms with Crippen molar-refractivity contribution in [3.63, 3.8) is 0 Å². The molecule has 3 aromatic rings. The summed E-state index contributed by atoms with van der Waals surface area (Å²) in [5.74, 6) is 0.824. The maximum absolute atomic E-state index is 12.3. The van der Waals surface area contributed by atoms with E-state index in [2.05, 4.69) is 10.3 Å². The van der Waals surface area contributed by atoms with Gasteiger partial charge in [-0.25, -0.2) is 4.98 Å². The Bertz CT molecular complexity index is 957. The number of carbonyl (C=O) groups is 1.